The van der Waals surface area contributed by atoms with Gasteiger partial charge in [-0.2, -0.15) is 0 Å². The van der Waals surface area contributed by atoms with Crippen LogP contribution in [0.25, 0.3) is 5.76 Å². The van der Waals surface area contributed by atoms with Gasteiger partial charge in [0.25, 0.3) is 0 Å². The lowest BCUT2D eigenvalue weighted by molar-refractivity contribution is 0.518. The molecule has 0 saturated heterocycles. The first kappa shape index (κ1) is 17.3. The van der Waals surface area contributed by atoms with Gasteiger partial charge in [-0.15, -0.1) is 0 Å². The van der Waals surface area contributed by atoms with Crippen LogP contribution >= 0.6 is 0 Å². The van der Waals surface area contributed by atoms with Gasteiger partial charge in [-0.05, 0) is 23.1 Å². The molecule has 1 aliphatic rings. The molecule has 27 heavy (non-hydrogen) atoms. The summed E-state index contributed by atoms with van der Waals surface area (Å²) < 4.78 is 6.27. The molecular formula is C25H23NO. The van der Waals surface area contributed by atoms with Gasteiger partial charge in [-0.3, -0.25) is 0 Å². The van der Waals surface area contributed by atoms with Gasteiger partial charge in [-0.1, -0.05) is 87.5 Å². The second kappa shape index (κ2) is 6.88. The number of benzene rings is 3. The molecule has 2 heteroatoms. The Bertz CT molecular complexity index is 1010. The van der Waals surface area contributed by atoms with Gasteiger partial charge in [0.15, 0.2) is 5.75 Å². The Morgan fingerprint density at radius 1 is 0.704 bits per heavy atom. The number of ether oxygens (including phenoxy) is 1. The number of para-hydroxylation sites is 2. The standard InChI is InChI=1S/C25H23NO/c1-25(2,3)20-15-13-19(14-16-20)24-17-22(18-9-5-4-6-10-18)26-21-11-7-8-12-23(21)27-24/h4-17H,1-3H3. The Morgan fingerprint density at radius 3 is 2.07 bits per heavy atom. The summed E-state index contributed by atoms with van der Waals surface area (Å²) in [4.78, 5) is 4.86. The van der Waals surface area contributed by atoms with Crippen LogP contribution in [0.5, 0.6) is 5.75 Å². The Balaban J connectivity index is 1.81. The van der Waals surface area contributed by atoms with E-state index >= 15 is 0 Å². The summed E-state index contributed by atoms with van der Waals surface area (Å²) in [5.74, 6) is 1.58. The maximum atomic E-state index is 6.27. The zero-order valence-corrected chi connectivity index (χ0v) is 15.9. The van der Waals surface area contributed by atoms with Gasteiger partial charge >= 0.3 is 0 Å². The Labute approximate surface area is 160 Å². The topological polar surface area (TPSA) is 21.6 Å². The number of fused-ring (bicyclic) bond motifs is 1. The van der Waals surface area contributed by atoms with Crippen molar-refractivity contribution in [2.24, 2.45) is 4.99 Å². The summed E-state index contributed by atoms with van der Waals surface area (Å²) in [6, 6.07) is 26.7. The number of nitrogens with zero attached hydrogens (tertiary/aromatic N) is 1. The fraction of sp³-hybridized carbons (Fsp3) is 0.160. The fourth-order valence-corrected chi connectivity index (χ4v) is 3.10. The maximum absolute atomic E-state index is 6.27. The van der Waals surface area contributed by atoms with Crippen molar-refractivity contribution >= 4 is 17.2 Å². The number of hydrogen-bond donors (Lipinski definition) is 0. The average molecular weight is 353 g/mol. The van der Waals surface area contributed by atoms with Crippen LogP contribution in [0.4, 0.5) is 5.69 Å². The molecule has 1 heterocycles. The molecule has 0 aliphatic carbocycles. The molecule has 134 valence electrons. The molecule has 1 aliphatic heterocycles. The predicted octanol–water partition coefficient (Wildman–Crippen LogP) is 6.54. The van der Waals surface area contributed by atoms with E-state index in [0.717, 1.165) is 34.0 Å². The van der Waals surface area contributed by atoms with E-state index in [9.17, 15) is 0 Å². The SMILES string of the molecule is CC(C)(C)c1ccc(C2=CC(c3ccccc3)=Nc3ccccc3O2)cc1. The third-order valence-corrected chi connectivity index (χ3v) is 4.70. The Kier molecular flexibility index (Phi) is 4.41. The highest BCUT2D eigenvalue weighted by Crippen LogP contribution is 2.35. The van der Waals surface area contributed by atoms with E-state index < -0.39 is 0 Å². The fourth-order valence-electron chi connectivity index (χ4n) is 3.10. The second-order valence-electron chi connectivity index (χ2n) is 7.77. The zero-order chi connectivity index (χ0) is 18.9. The molecular weight excluding hydrogens is 330 g/mol. The van der Waals surface area contributed by atoms with E-state index in [2.05, 4.69) is 57.2 Å². The molecule has 0 atom stereocenters. The Hall–Kier alpha value is -3.13. The van der Waals surface area contributed by atoms with Crippen LogP contribution in [0.2, 0.25) is 0 Å². The van der Waals surface area contributed by atoms with Crippen molar-refractivity contribution in [1.29, 1.82) is 0 Å². The van der Waals surface area contributed by atoms with Gasteiger partial charge in [0.2, 0.25) is 0 Å². The molecule has 0 saturated carbocycles. The van der Waals surface area contributed by atoms with Crippen LogP contribution < -0.4 is 4.74 Å². The van der Waals surface area contributed by atoms with Crippen molar-refractivity contribution in [3.8, 4) is 5.75 Å². The van der Waals surface area contributed by atoms with Crippen LogP contribution in [-0.2, 0) is 5.41 Å². The van der Waals surface area contributed by atoms with Crippen LogP contribution in [-0.4, -0.2) is 5.71 Å². The quantitative estimate of drug-likeness (QED) is 0.512. The second-order valence-corrected chi connectivity index (χ2v) is 7.77. The van der Waals surface area contributed by atoms with E-state index in [1.807, 2.05) is 48.5 Å². The van der Waals surface area contributed by atoms with Crippen molar-refractivity contribution in [3.05, 3.63) is 102 Å². The van der Waals surface area contributed by atoms with Gasteiger partial charge in [-0.25, -0.2) is 4.99 Å². The summed E-state index contributed by atoms with van der Waals surface area (Å²) >= 11 is 0. The molecule has 3 aromatic carbocycles. The van der Waals surface area contributed by atoms with Crippen molar-refractivity contribution in [1.82, 2.24) is 0 Å². The van der Waals surface area contributed by atoms with Crippen molar-refractivity contribution < 1.29 is 4.74 Å². The normalized spacial score (nSPS) is 13.7. The van der Waals surface area contributed by atoms with Crippen LogP contribution in [0, 0.1) is 0 Å². The number of rotatable bonds is 2. The molecule has 0 N–H and O–H groups in total. The molecule has 0 spiro atoms. The van der Waals surface area contributed by atoms with Crippen molar-refractivity contribution in [2.75, 3.05) is 0 Å². The van der Waals surface area contributed by atoms with Crippen LogP contribution in [0.15, 0.2) is 89.9 Å². The van der Waals surface area contributed by atoms with Crippen LogP contribution in [0.1, 0.15) is 37.5 Å². The summed E-state index contributed by atoms with van der Waals surface area (Å²) in [5.41, 5.74) is 5.28. The number of hydrogen-bond acceptors (Lipinski definition) is 2. The molecule has 0 bridgehead atoms. The van der Waals surface area contributed by atoms with Gasteiger partial charge in [0.1, 0.15) is 11.4 Å². The van der Waals surface area contributed by atoms with Crippen molar-refractivity contribution in [3.63, 3.8) is 0 Å². The highest BCUT2D eigenvalue weighted by molar-refractivity contribution is 6.13. The lowest BCUT2D eigenvalue weighted by Crippen LogP contribution is -2.10. The Morgan fingerprint density at radius 2 is 1.37 bits per heavy atom. The molecule has 0 amide bonds. The van der Waals surface area contributed by atoms with E-state index in [0.29, 0.717) is 0 Å². The molecule has 0 fully saturated rings. The number of aliphatic imine (C=N–C) groups is 1. The van der Waals surface area contributed by atoms with Crippen molar-refractivity contribution in [2.45, 2.75) is 26.2 Å². The highest BCUT2D eigenvalue weighted by atomic mass is 16.5. The lowest BCUT2D eigenvalue weighted by atomic mass is 9.86. The third kappa shape index (κ3) is 3.70. The summed E-state index contributed by atoms with van der Waals surface area (Å²) in [6.07, 6.45) is 2.03. The lowest BCUT2D eigenvalue weighted by Gasteiger charge is -2.19. The summed E-state index contributed by atoms with van der Waals surface area (Å²) in [6.45, 7) is 6.67. The minimum Gasteiger partial charge on any atom is -0.454 e. The maximum Gasteiger partial charge on any atom is 0.153 e. The number of allylic oxidation sites excluding steroid dienone is 1. The van der Waals surface area contributed by atoms with E-state index in [1.54, 1.807) is 0 Å². The molecule has 0 radical (unpaired) electrons. The zero-order valence-electron chi connectivity index (χ0n) is 15.9. The summed E-state index contributed by atoms with van der Waals surface area (Å²) in [5, 5.41) is 0. The van der Waals surface area contributed by atoms with E-state index in [1.165, 1.54) is 5.56 Å². The predicted molar refractivity (Wildman–Crippen MR) is 113 cm³/mol. The van der Waals surface area contributed by atoms with E-state index in [-0.39, 0.29) is 5.41 Å². The molecule has 3 aromatic rings. The van der Waals surface area contributed by atoms with E-state index in [4.69, 9.17) is 9.73 Å². The largest absolute Gasteiger partial charge is 0.454 e. The smallest absolute Gasteiger partial charge is 0.153 e. The monoisotopic (exact) mass is 353 g/mol. The first-order valence-electron chi connectivity index (χ1n) is 9.24. The molecule has 4 rings (SSSR count). The highest BCUT2D eigenvalue weighted by Gasteiger charge is 2.17. The first-order valence-corrected chi connectivity index (χ1v) is 9.24. The van der Waals surface area contributed by atoms with Gasteiger partial charge in [0, 0.05) is 17.2 Å². The average Bonchev–Trinajstić information content (AvgIpc) is 2.88. The minimum atomic E-state index is 0.125. The third-order valence-electron chi connectivity index (χ3n) is 4.70. The van der Waals surface area contributed by atoms with Gasteiger partial charge < -0.3 is 4.74 Å². The first-order chi connectivity index (χ1) is 13.0. The summed E-state index contributed by atoms with van der Waals surface area (Å²) in [7, 11) is 0. The molecule has 2 nitrogen and oxygen atoms in total. The minimum absolute atomic E-state index is 0.125. The van der Waals surface area contributed by atoms with Crippen LogP contribution in [0.3, 0.4) is 0 Å². The van der Waals surface area contributed by atoms with Gasteiger partial charge in [0.05, 0.1) is 5.71 Å². The molecule has 0 aromatic heterocycles. The molecule has 0 unspecified atom stereocenters.